The fraction of sp³-hybridized carbons (Fsp3) is 0.526. The molecule has 4 heteroatoms. The second kappa shape index (κ2) is 10.1. The maximum Gasteiger partial charge on any atom is 0.233 e. The van der Waals surface area contributed by atoms with Gasteiger partial charge in [-0.3, -0.25) is 4.79 Å². The Labute approximate surface area is 139 Å². The summed E-state index contributed by atoms with van der Waals surface area (Å²) in [4.78, 5) is 11.8. The zero-order valence-corrected chi connectivity index (χ0v) is 14.1. The highest BCUT2D eigenvalue weighted by molar-refractivity contribution is 5.77. The highest BCUT2D eigenvalue weighted by Gasteiger charge is 2.05. The molecule has 126 valence electrons. The Morgan fingerprint density at radius 3 is 2.65 bits per heavy atom. The van der Waals surface area contributed by atoms with Crippen LogP contribution < -0.4 is 15.4 Å². The number of carbonyl (C=O) groups excluding carboxylic acids is 1. The van der Waals surface area contributed by atoms with E-state index >= 15 is 0 Å². The van der Waals surface area contributed by atoms with Gasteiger partial charge >= 0.3 is 0 Å². The van der Waals surface area contributed by atoms with Gasteiger partial charge in [0.25, 0.3) is 0 Å². The van der Waals surface area contributed by atoms with E-state index in [4.69, 9.17) is 4.74 Å². The van der Waals surface area contributed by atoms with Gasteiger partial charge in [0.1, 0.15) is 5.75 Å². The smallest absolute Gasteiger partial charge is 0.233 e. The summed E-state index contributed by atoms with van der Waals surface area (Å²) >= 11 is 0. The molecule has 0 aromatic heterocycles. The Morgan fingerprint density at radius 1 is 1.13 bits per heavy atom. The van der Waals surface area contributed by atoms with E-state index < -0.39 is 0 Å². The predicted molar refractivity (Wildman–Crippen MR) is 93.7 cm³/mol. The lowest BCUT2D eigenvalue weighted by molar-refractivity contribution is -0.120. The first-order valence-electron chi connectivity index (χ1n) is 8.56. The molecular formula is C19H28N2O2. The lowest BCUT2D eigenvalue weighted by Gasteiger charge is -2.13. The second-order valence-corrected chi connectivity index (χ2v) is 5.98. The highest BCUT2D eigenvalue weighted by Crippen LogP contribution is 2.19. The molecular weight excluding hydrogens is 288 g/mol. The van der Waals surface area contributed by atoms with Gasteiger partial charge in [-0.25, -0.2) is 0 Å². The zero-order valence-electron chi connectivity index (χ0n) is 14.1. The summed E-state index contributed by atoms with van der Waals surface area (Å²) < 4.78 is 5.14. The molecule has 0 saturated carbocycles. The Kier molecular flexibility index (Phi) is 7.67. The van der Waals surface area contributed by atoms with Crippen LogP contribution in [0.15, 0.2) is 35.9 Å². The molecule has 0 aliphatic heterocycles. The molecule has 0 saturated heterocycles. The first kappa shape index (κ1) is 17.5. The molecule has 23 heavy (non-hydrogen) atoms. The molecule has 0 unspecified atom stereocenters. The summed E-state index contributed by atoms with van der Waals surface area (Å²) in [7, 11) is 1.67. The van der Waals surface area contributed by atoms with Crippen molar-refractivity contribution >= 4 is 5.91 Å². The normalized spacial score (nSPS) is 14.2. The summed E-state index contributed by atoms with van der Waals surface area (Å²) in [6.45, 7) is 1.94. The molecule has 0 radical (unpaired) electrons. The third kappa shape index (κ3) is 6.87. The van der Waals surface area contributed by atoms with Gasteiger partial charge in [-0.1, -0.05) is 23.8 Å². The van der Waals surface area contributed by atoms with Crippen molar-refractivity contribution in [2.75, 3.05) is 26.7 Å². The number of rotatable bonds is 9. The van der Waals surface area contributed by atoms with Crippen molar-refractivity contribution in [3.63, 3.8) is 0 Å². The van der Waals surface area contributed by atoms with Crippen molar-refractivity contribution in [1.82, 2.24) is 10.6 Å². The maximum atomic E-state index is 11.8. The van der Waals surface area contributed by atoms with Crippen molar-refractivity contribution < 1.29 is 9.53 Å². The van der Waals surface area contributed by atoms with Crippen LogP contribution in [-0.4, -0.2) is 32.7 Å². The minimum atomic E-state index is 0.0798. The van der Waals surface area contributed by atoms with E-state index in [1.807, 2.05) is 12.1 Å². The summed E-state index contributed by atoms with van der Waals surface area (Å²) in [5.74, 6) is 0.949. The van der Waals surface area contributed by atoms with Crippen LogP contribution in [0.5, 0.6) is 5.75 Å². The minimum absolute atomic E-state index is 0.0798. The molecule has 1 aromatic carbocycles. The number of hydrogen-bond acceptors (Lipinski definition) is 3. The Bertz CT molecular complexity index is 509. The van der Waals surface area contributed by atoms with Crippen molar-refractivity contribution in [2.24, 2.45) is 0 Å². The largest absolute Gasteiger partial charge is 0.497 e. The average molecular weight is 316 g/mol. The van der Waals surface area contributed by atoms with E-state index in [0.717, 1.165) is 31.7 Å². The SMILES string of the molecule is COc1ccc(CCNCC(=O)NCCC2=CCCCC2)cc1. The molecule has 0 heterocycles. The fourth-order valence-corrected chi connectivity index (χ4v) is 2.78. The number of amides is 1. The molecule has 1 aliphatic carbocycles. The van der Waals surface area contributed by atoms with Crippen molar-refractivity contribution in [3.8, 4) is 5.75 Å². The highest BCUT2D eigenvalue weighted by atomic mass is 16.5. The molecule has 4 nitrogen and oxygen atoms in total. The number of nitrogens with one attached hydrogen (secondary N) is 2. The van der Waals surface area contributed by atoms with Crippen LogP contribution in [0.3, 0.4) is 0 Å². The Hall–Kier alpha value is -1.81. The van der Waals surface area contributed by atoms with Gasteiger partial charge < -0.3 is 15.4 Å². The van der Waals surface area contributed by atoms with E-state index in [1.54, 1.807) is 7.11 Å². The number of benzene rings is 1. The third-order valence-electron chi connectivity index (χ3n) is 4.19. The predicted octanol–water partition coefficient (Wildman–Crippen LogP) is 2.83. The van der Waals surface area contributed by atoms with Crippen LogP contribution >= 0.6 is 0 Å². The minimum Gasteiger partial charge on any atom is -0.497 e. The topological polar surface area (TPSA) is 50.4 Å². The summed E-state index contributed by atoms with van der Waals surface area (Å²) in [6.07, 6.45) is 9.26. The van der Waals surface area contributed by atoms with E-state index in [-0.39, 0.29) is 5.91 Å². The number of ether oxygens (including phenoxy) is 1. The standard InChI is InChI=1S/C19H28N2O2/c1-23-18-9-7-17(8-10-18)11-13-20-15-19(22)21-14-12-16-5-3-2-4-6-16/h5,7-10,20H,2-4,6,11-15H2,1H3,(H,21,22). The third-order valence-corrected chi connectivity index (χ3v) is 4.19. The van der Waals surface area contributed by atoms with E-state index in [2.05, 4.69) is 28.8 Å². The second-order valence-electron chi connectivity index (χ2n) is 5.98. The number of hydrogen-bond donors (Lipinski definition) is 2. The number of methoxy groups -OCH3 is 1. The van der Waals surface area contributed by atoms with Crippen molar-refractivity contribution in [1.29, 1.82) is 0 Å². The molecule has 2 N–H and O–H groups in total. The fourth-order valence-electron chi connectivity index (χ4n) is 2.78. The van der Waals surface area contributed by atoms with Crippen LogP contribution in [0.2, 0.25) is 0 Å². The molecule has 1 amide bonds. The Balaban J connectivity index is 1.53. The summed E-state index contributed by atoms with van der Waals surface area (Å²) in [6, 6.07) is 8.03. The zero-order chi connectivity index (χ0) is 16.3. The maximum absolute atomic E-state index is 11.8. The van der Waals surface area contributed by atoms with Gasteiger partial charge in [0, 0.05) is 6.54 Å². The van der Waals surface area contributed by atoms with Crippen LogP contribution in [0, 0.1) is 0 Å². The van der Waals surface area contributed by atoms with Crippen molar-refractivity contribution in [2.45, 2.75) is 38.5 Å². The molecule has 1 aromatic rings. The van der Waals surface area contributed by atoms with Gasteiger partial charge in [0.2, 0.25) is 5.91 Å². The first-order valence-corrected chi connectivity index (χ1v) is 8.56. The monoisotopic (exact) mass is 316 g/mol. The van der Waals surface area contributed by atoms with Gasteiger partial charge in [-0.2, -0.15) is 0 Å². The van der Waals surface area contributed by atoms with Crippen LogP contribution in [0.1, 0.15) is 37.7 Å². The molecule has 0 spiro atoms. The van der Waals surface area contributed by atoms with Crippen LogP contribution in [0.25, 0.3) is 0 Å². The molecule has 2 rings (SSSR count). The molecule has 1 aliphatic rings. The average Bonchev–Trinajstić information content (AvgIpc) is 2.60. The number of allylic oxidation sites excluding steroid dienone is 1. The van der Waals surface area contributed by atoms with E-state index in [0.29, 0.717) is 6.54 Å². The lowest BCUT2D eigenvalue weighted by Crippen LogP contribution is -2.35. The summed E-state index contributed by atoms with van der Waals surface area (Å²) in [5, 5.41) is 6.18. The lowest BCUT2D eigenvalue weighted by atomic mass is 9.97. The van der Waals surface area contributed by atoms with Crippen LogP contribution in [0.4, 0.5) is 0 Å². The summed E-state index contributed by atoms with van der Waals surface area (Å²) in [5.41, 5.74) is 2.74. The van der Waals surface area contributed by atoms with Gasteiger partial charge in [0.15, 0.2) is 0 Å². The number of carbonyl (C=O) groups is 1. The quantitative estimate of drug-likeness (QED) is 0.544. The van der Waals surface area contributed by atoms with Gasteiger partial charge in [0.05, 0.1) is 13.7 Å². The van der Waals surface area contributed by atoms with Crippen LogP contribution in [-0.2, 0) is 11.2 Å². The van der Waals surface area contributed by atoms with Gasteiger partial charge in [-0.15, -0.1) is 0 Å². The Morgan fingerprint density at radius 2 is 1.96 bits per heavy atom. The first-order chi connectivity index (χ1) is 11.3. The van der Waals surface area contributed by atoms with Gasteiger partial charge in [-0.05, 0) is 62.8 Å². The van der Waals surface area contributed by atoms with E-state index in [9.17, 15) is 4.79 Å². The molecule has 0 bridgehead atoms. The van der Waals surface area contributed by atoms with E-state index in [1.165, 1.54) is 36.8 Å². The molecule has 0 atom stereocenters. The molecule has 0 fully saturated rings. The van der Waals surface area contributed by atoms with Crippen molar-refractivity contribution in [3.05, 3.63) is 41.5 Å².